The first-order chi connectivity index (χ1) is 6.52. The highest BCUT2D eigenvalue weighted by molar-refractivity contribution is 5.66. The van der Waals surface area contributed by atoms with Crippen LogP contribution in [-0.4, -0.2) is 47.6 Å². The lowest BCUT2D eigenvalue weighted by Crippen LogP contribution is -2.55. The molecule has 5 heteroatoms. The smallest absolute Gasteiger partial charge is 0.304 e. The van der Waals surface area contributed by atoms with Gasteiger partial charge in [0.2, 0.25) is 0 Å². The minimum atomic E-state index is -0.839. The Kier molecular flexibility index (Phi) is 3.86. The van der Waals surface area contributed by atoms with E-state index in [-0.39, 0.29) is 12.5 Å². The summed E-state index contributed by atoms with van der Waals surface area (Å²) >= 11 is 0. The van der Waals surface area contributed by atoms with Crippen LogP contribution in [0, 0.1) is 0 Å². The first-order valence-corrected chi connectivity index (χ1v) is 4.77. The van der Waals surface area contributed by atoms with Crippen molar-refractivity contribution in [2.45, 2.75) is 31.4 Å². The Morgan fingerprint density at radius 3 is 3.00 bits per heavy atom. The third-order valence-electron chi connectivity index (χ3n) is 2.52. The van der Waals surface area contributed by atoms with Gasteiger partial charge in [-0.15, -0.1) is 0 Å². The van der Waals surface area contributed by atoms with E-state index in [4.69, 9.17) is 9.84 Å². The average Bonchev–Trinajstić information content (AvgIpc) is 2.07. The molecule has 1 rings (SSSR count). The second-order valence-corrected chi connectivity index (χ2v) is 3.83. The zero-order valence-corrected chi connectivity index (χ0v) is 8.32. The highest BCUT2D eigenvalue weighted by atomic mass is 16.5. The maximum Gasteiger partial charge on any atom is 0.304 e. The Morgan fingerprint density at radius 2 is 2.43 bits per heavy atom. The van der Waals surface area contributed by atoms with E-state index in [2.05, 4.69) is 5.32 Å². The average molecular weight is 203 g/mol. The Labute approximate surface area is 83.1 Å². The number of ether oxygens (including phenoxy) is 1. The van der Waals surface area contributed by atoms with Crippen molar-refractivity contribution >= 4 is 5.97 Å². The van der Waals surface area contributed by atoms with E-state index in [1.807, 2.05) is 0 Å². The van der Waals surface area contributed by atoms with Gasteiger partial charge in [-0.1, -0.05) is 0 Å². The summed E-state index contributed by atoms with van der Waals surface area (Å²) in [6.45, 7) is 3.10. The molecule has 3 N–H and O–H groups in total. The highest BCUT2D eigenvalue weighted by Gasteiger charge is 2.34. The largest absolute Gasteiger partial charge is 0.481 e. The van der Waals surface area contributed by atoms with E-state index in [1.54, 1.807) is 6.92 Å². The summed E-state index contributed by atoms with van der Waals surface area (Å²) in [7, 11) is 0. The second kappa shape index (κ2) is 4.72. The van der Waals surface area contributed by atoms with Crippen molar-refractivity contribution in [3.8, 4) is 0 Å². The van der Waals surface area contributed by atoms with Crippen molar-refractivity contribution in [3.05, 3.63) is 0 Å². The molecule has 5 nitrogen and oxygen atoms in total. The van der Waals surface area contributed by atoms with Gasteiger partial charge >= 0.3 is 5.97 Å². The lowest BCUT2D eigenvalue weighted by atomic mass is 9.91. The first kappa shape index (κ1) is 11.4. The van der Waals surface area contributed by atoms with Crippen LogP contribution >= 0.6 is 0 Å². The summed E-state index contributed by atoms with van der Waals surface area (Å²) in [6, 6.07) is -0.171. The van der Waals surface area contributed by atoms with E-state index in [0.717, 1.165) is 0 Å². The number of carboxylic acid groups (broad SMARTS) is 1. The van der Waals surface area contributed by atoms with E-state index in [1.165, 1.54) is 0 Å². The summed E-state index contributed by atoms with van der Waals surface area (Å²) < 4.78 is 5.21. The molecule has 2 atom stereocenters. The van der Waals surface area contributed by atoms with Crippen molar-refractivity contribution < 1.29 is 19.7 Å². The van der Waals surface area contributed by atoms with Crippen LogP contribution in [0.15, 0.2) is 0 Å². The molecule has 2 unspecified atom stereocenters. The van der Waals surface area contributed by atoms with Crippen LogP contribution in [0.2, 0.25) is 0 Å². The second-order valence-electron chi connectivity index (χ2n) is 3.83. The van der Waals surface area contributed by atoms with Crippen LogP contribution < -0.4 is 5.32 Å². The Balaban J connectivity index is 2.31. The number of hydrogen-bond acceptors (Lipinski definition) is 4. The summed E-state index contributed by atoms with van der Waals surface area (Å²) in [6.07, 6.45) is 0.643. The van der Waals surface area contributed by atoms with Crippen molar-refractivity contribution in [2.75, 3.05) is 19.8 Å². The van der Waals surface area contributed by atoms with Gasteiger partial charge in [-0.25, -0.2) is 0 Å². The number of hydrogen-bond donors (Lipinski definition) is 3. The maximum absolute atomic E-state index is 10.3. The van der Waals surface area contributed by atoms with Crippen molar-refractivity contribution in [1.29, 1.82) is 0 Å². The lowest BCUT2D eigenvalue weighted by molar-refractivity contribution is -0.137. The van der Waals surface area contributed by atoms with Crippen molar-refractivity contribution in [3.63, 3.8) is 0 Å². The number of nitrogens with one attached hydrogen (secondary N) is 1. The Bertz CT molecular complexity index is 205. The maximum atomic E-state index is 10.3. The molecule has 0 aromatic rings. The Hall–Kier alpha value is -0.650. The van der Waals surface area contributed by atoms with Gasteiger partial charge in [-0.05, 0) is 6.92 Å². The molecule has 0 spiro atoms. The van der Waals surface area contributed by atoms with Gasteiger partial charge in [-0.2, -0.15) is 0 Å². The van der Waals surface area contributed by atoms with Crippen LogP contribution in [-0.2, 0) is 9.53 Å². The first-order valence-electron chi connectivity index (χ1n) is 4.77. The third kappa shape index (κ3) is 3.25. The van der Waals surface area contributed by atoms with Crippen LogP contribution in [0.1, 0.15) is 19.8 Å². The number of aliphatic carboxylic acids is 1. The molecule has 82 valence electrons. The molecule has 0 bridgehead atoms. The molecular weight excluding hydrogens is 186 g/mol. The number of carbonyl (C=O) groups is 1. The van der Waals surface area contributed by atoms with Crippen LogP contribution in [0.25, 0.3) is 0 Å². The molecule has 1 saturated heterocycles. The van der Waals surface area contributed by atoms with Crippen LogP contribution in [0.5, 0.6) is 0 Å². The van der Waals surface area contributed by atoms with Gasteiger partial charge in [-0.3, -0.25) is 4.79 Å². The monoisotopic (exact) mass is 203 g/mol. The summed E-state index contributed by atoms with van der Waals surface area (Å²) in [5.74, 6) is -0.839. The molecule has 0 amide bonds. The van der Waals surface area contributed by atoms with Gasteiger partial charge in [0.05, 0.1) is 24.7 Å². The van der Waals surface area contributed by atoms with Gasteiger partial charge in [0.1, 0.15) is 0 Å². The molecule has 1 aliphatic heterocycles. The highest BCUT2D eigenvalue weighted by Crippen LogP contribution is 2.19. The zero-order valence-electron chi connectivity index (χ0n) is 8.32. The van der Waals surface area contributed by atoms with E-state index in [9.17, 15) is 9.90 Å². The Morgan fingerprint density at radius 1 is 1.71 bits per heavy atom. The third-order valence-corrected chi connectivity index (χ3v) is 2.52. The molecule has 1 heterocycles. The SMILES string of the molecule is CC1(O)CCOCC1NCCC(=O)O. The van der Waals surface area contributed by atoms with E-state index >= 15 is 0 Å². The normalized spacial score (nSPS) is 32.9. The summed E-state index contributed by atoms with van der Waals surface area (Å²) in [5, 5.41) is 21.3. The summed E-state index contributed by atoms with van der Waals surface area (Å²) in [5.41, 5.74) is -0.795. The minimum absolute atomic E-state index is 0.0621. The number of rotatable bonds is 4. The van der Waals surface area contributed by atoms with Crippen molar-refractivity contribution in [2.24, 2.45) is 0 Å². The predicted octanol–water partition coefficient (Wildman–Crippen LogP) is -0.409. The number of aliphatic hydroxyl groups is 1. The van der Waals surface area contributed by atoms with Crippen molar-refractivity contribution in [1.82, 2.24) is 5.32 Å². The van der Waals surface area contributed by atoms with Gasteiger partial charge in [0.15, 0.2) is 0 Å². The molecule has 0 saturated carbocycles. The van der Waals surface area contributed by atoms with E-state index < -0.39 is 11.6 Å². The molecule has 0 radical (unpaired) electrons. The predicted molar refractivity (Wildman–Crippen MR) is 50.1 cm³/mol. The topological polar surface area (TPSA) is 78.8 Å². The number of carboxylic acids is 1. The van der Waals surface area contributed by atoms with Gasteiger partial charge in [0.25, 0.3) is 0 Å². The molecule has 0 aliphatic carbocycles. The molecule has 0 aromatic heterocycles. The van der Waals surface area contributed by atoms with Crippen LogP contribution in [0.3, 0.4) is 0 Å². The molecular formula is C9H17NO4. The summed E-state index contributed by atoms with van der Waals surface area (Å²) in [4.78, 5) is 10.3. The molecule has 1 fully saturated rings. The van der Waals surface area contributed by atoms with E-state index in [0.29, 0.717) is 26.2 Å². The van der Waals surface area contributed by atoms with Gasteiger partial charge < -0.3 is 20.3 Å². The quantitative estimate of drug-likeness (QED) is 0.579. The molecule has 1 aliphatic rings. The minimum Gasteiger partial charge on any atom is -0.481 e. The standard InChI is InChI=1S/C9H17NO4/c1-9(13)3-5-14-6-7(9)10-4-2-8(11)12/h7,10,13H,2-6H2,1H3,(H,11,12). The fourth-order valence-corrected chi connectivity index (χ4v) is 1.47. The molecule has 0 aromatic carbocycles. The van der Waals surface area contributed by atoms with Gasteiger partial charge in [0, 0.05) is 19.6 Å². The zero-order chi connectivity index (χ0) is 10.6. The van der Waals surface area contributed by atoms with Crippen LogP contribution in [0.4, 0.5) is 0 Å². The molecule has 14 heavy (non-hydrogen) atoms. The fourth-order valence-electron chi connectivity index (χ4n) is 1.47. The fraction of sp³-hybridized carbons (Fsp3) is 0.889. The lowest BCUT2D eigenvalue weighted by Gasteiger charge is -2.37.